The monoisotopic (exact) mass is 666 g/mol. The van der Waals surface area contributed by atoms with E-state index in [2.05, 4.69) is 0 Å². The van der Waals surface area contributed by atoms with Crippen LogP contribution in [0.4, 0.5) is 0 Å². The molecule has 260 valence electrons. The Bertz CT molecular complexity index is 1370. The Morgan fingerprint density at radius 3 is 2.11 bits per heavy atom. The van der Waals surface area contributed by atoms with Gasteiger partial charge in [-0.2, -0.15) is 0 Å². The maximum Gasteiger partial charge on any atom is 0.309 e. The van der Waals surface area contributed by atoms with Crippen molar-refractivity contribution in [2.24, 2.45) is 11.8 Å². The number of benzene rings is 2. The molecular formula is C32H42O15. The van der Waals surface area contributed by atoms with Gasteiger partial charge in [0, 0.05) is 5.92 Å². The lowest BCUT2D eigenvalue weighted by Crippen LogP contribution is -2.60. The average molecular weight is 667 g/mol. The molecule has 0 saturated carbocycles. The van der Waals surface area contributed by atoms with E-state index in [1.165, 1.54) is 7.11 Å². The summed E-state index contributed by atoms with van der Waals surface area (Å²) >= 11 is 0. The van der Waals surface area contributed by atoms with Gasteiger partial charge in [0.05, 0.1) is 53.7 Å². The number of methoxy groups -OCH3 is 3. The molecule has 2 aromatic carbocycles. The van der Waals surface area contributed by atoms with Crippen molar-refractivity contribution in [1.82, 2.24) is 0 Å². The standard InChI is InChI=1S/C32H42O15/c1-40-20-6-4-16(10-22(20)41-2)8-18-12-43-29(38)19(18)9-17-5-7-21(23(11-17)42-3)46-30-27(36)26(35)25(34)24(47-30)13-44-31-28(37)32(39,14-33)15-45-31/h4-7,10-11,18-19,24-28,30-31,33-37,39H,8-9,12-15H2,1-3H3/t18-,19+,24+,25+,26-,27+,28-,30+,31+,32+/m0/s1. The molecule has 3 saturated heterocycles. The van der Waals surface area contributed by atoms with Crippen LogP contribution in [0.2, 0.25) is 0 Å². The van der Waals surface area contributed by atoms with Crippen LogP contribution < -0.4 is 18.9 Å². The second kappa shape index (κ2) is 14.9. The molecule has 0 unspecified atom stereocenters. The van der Waals surface area contributed by atoms with Gasteiger partial charge < -0.3 is 68.5 Å². The maximum absolute atomic E-state index is 12.7. The van der Waals surface area contributed by atoms with Crippen molar-refractivity contribution in [3.63, 3.8) is 0 Å². The Kier molecular flexibility index (Phi) is 11.1. The molecule has 3 fully saturated rings. The van der Waals surface area contributed by atoms with E-state index >= 15 is 0 Å². The predicted molar refractivity (Wildman–Crippen MR) is 159 cm³/mol. The van der Waals surface area contributed by atoms with Crippen molar-refractivity contribution in [3.8, 4) is 23.0 Å². The number of hydrogen-bond acceptors (Lipinski definition) is 15. The van der Waals surface area contributed by atoms with Crippen molar-refractivity contribution in [2.75, 3.05) is 47.8 Å². The minimum absolute atomic E-state index is 0.0893. The van der Waals surface area contributed by atoms with Crippen LogP contribution in [0.3, 0.4) is 0 Å². The lowest BCUT2D eigenvalue weighted by Gasteiger charge is -2.40. The fourth-order valence-electron chi connectivity index (χ4n) is 5.96. The molecule has 0 spiro atoms. The molecule has 0 aromatic heterocycles. The molecule has 0 amide bonds. The summed E-state index contributed by atoms with van der Waals surface area (Å²) in [6, 6.07) is 10.6. The summed E-state index contributed by atoms with van der Waals surface area (Å²) in [5, 5.41) is 61.3. The van der Waals surface area contributed by atoms with Crippen molar-refractivity contribution in [3.05, 3.63) is 47.5 Å². The largest absolute Gasteiger partial charge is 0.493 e. The lowest BCUT2D eigenvalue weighted by atomic mass is 9.85. The molecule has 15 heteroatoms. The van der Waals surface area contributed by atoms with Crippen LogP contribution in [0.5, 0.6) is 23.0 Å². The molecule has 3 aliphatic heterocycles. The zero-order valence-corrected chi connectivity index (χ0v) is 26.3. The highest BCUT2D eigenvalue weighted by atomic mass is 16.7. The van der Waals surface area contributed by atoms with Crippen molar-refractivity contribution in [1.29, 1.82) is 0 Å². The van der Waals surface area contributed by atoms with Crippen LogP contribution in [0.1, 0.15) is 11.1 Å². The van der Waals surface area contributed by atoms with Crippen molar-refractivity contribution >= 4 is 5.97 Å². The highest BCUT2D eigenvalue weighted by Gasteiger charge is 2.50. The number of carbonyl (C=O) groups excluding carboxylic acids is 1. The third kappa shape index (κ3) is 7.43. The number of rotatable bonds is 13. The van der Waals surface area contributed by atoms with E-state index < -0.39 is 67.8 Å². The number of hydrogen-bond donors (Lipinski definition) is 6. The number of aliphatic hydroxyl groups is 6. The van der Waals surface area contributed by atoms with Gasteiger partial charge in [0.15, 0.2) is 29.3 Å². The van der Waals surface area contributed by atoms with Crippen molar-refractivity contribution < 1.29 is 73.3 Å². The van der Waals surface area contributed by atoms with E-state index in [1.54, 1.807) is 32.4 Å². The summed E-state index contributed by atoms with van der Waals surface area (Å²) in [4.78, 5) is 12.7. The molecule has 3 heterocycles. The summed E-state index contributed by atoms with van der Waals surface area (Å²) in [6.45, 7) is -1.29. The molecule has 0 aliphatic carbocycles. The Labute approximate surface area is 271 Å². The quantitative estimate of drug-likeness (QED) is 0.141. The first kappa shape index (κ1) is 35.1. The summed E-state index contributed by atoms with van der Waals surface area (Å²) < 4.78 is 43.9. The van der Waals surface area contributed by atoms with Gasteiger partial charge in [0.1, 0.15) is 36.1 Å². The number of cyclic esters (lactones) is 1. The topological polar surface area (TPSA) is 212 Å². The summed E-state index contributed by atoms with van der Waals surface area (Å²) in [7, 11) is 4.55. The predicted octanol–water partition coefficient (Wildman–Crippen LogP) is -1.07. The number of aliphatic hydroxyl groups excluding tert-OH is 5. The molecule has 0 bridgehead atoms. The van der Waals surface area contributed by atoms with Gasteiger partial charge >= 0.3 is 5.97 Å². The molecule has 15 nitrogen and oxygen atoms in total. The first-order chi connectivity index (χ1) is 22.5. The van der Waals surface area contributed by atoms with E-state index in [0.717, 1.165) is 11.1 Å². The summed E-state index contributed by atoms with van der Waals surface area (Å²) in [5.41, 5.74) is -0.178. The van der Waals surface area contributed by atoms with E-state index in [4.69, 9.17) is 37.9 Å². The van der Waals surface area contributed by atoms with Gasteiger partial charge in [0.25, 0.3) is 0 Å². The summed E-state index contributed by atoms with van der Waals surface area (Å²) in [5.74, 6) is 0.813. The lowest BCUT2D eigenvalue weighted by molar-refractivity contribution is -0.289. The highest BCUT2D eigenvalue weighted by Crippen LogP contribution is 2.36. The third-order valence-electron chi connectivity index (χ3n) is 8.86. The van der Waals surface area contributed by atoms with Crippen LogP contribution in [-0.2, 0) is 36.6 Å². The van der Waals surface area contributed by atoms with Gasteiger partial charge in [0.2, 0.25) is 6.29 Å². The zero-order chi connectivity index (χ0) is 33.9. The first-order valence-electron chi connectivity index (χ1n) is 15.2. The second-order valence-electron chi connectivity index (χ2n) is 11.9. The Balaban J connectivity index is 1.24. The van der Waals surface area contributed by atoms with Gasteiger partial charge in [-0.25, -0.2) is 0 Å². The molecule has 5 rings (SSSR count). The van der Waals surface area contributed by atoms with Gasteiger partial charge in [-0.1, -0.05) is 12.1 Å². The molecule has 0 radical (unpaired) electrons. The number of carbonyl (C=O) groups is 1. The van der Waals surface area contributed by atoms with Crippen molar-refractivity contribution in [2.45, 2.75) is 61.5 Å². The molecular weight excluding hydrogens is 624 g/mol. The fourth-order valence-corrected chi connectivity index (χ4v) is 5.96. The SMILES string of the molecule is COc1ccc(C[C@H]2COC(=O)[C@@H]2Cc2ccc(O[C@@H]3O[C@H](CO[C@@H]4OC[C@](O)(CO)[C@H]4O)[C@@H](O)[C@H](O)[C@H]3O)c(OC)c2)cc1OC. The van der Waals surface area contributed by atoms with Crippen LogP contribution in [0, 0.1) is 11.8 Å². The van der Waals surface area contributed by atoms with Crippen LogP contribution in [0.25, 0.3) is 0 Å². The van der Waals surface area contributed by atoms with Gasteiger partial charge in [-0.15, -0.1) is 0 Å². The first-order valence-corrected chi connectivity index (χ1v) is 15.2. The Hall–Kier alpha value is -3.25. The van der Waals surface area contributed by atoms with Crippen LogP contribution in [-0.4, -0.2) is 133 Å². The van der Waals surface area contributed by atoms with E-state index in [-0.39, 0.29) is 36.6 Å². The van der Waals surface area contributed by atoms with E-state index in [1.807, 2.05) is 18.2 Å². The van der Waals surface area contributed by atoms with Crippen LogP contribution >= 0.6 is 0 Å². The zero-order valence-electron chi connectivity index (χ0n) is 26.3. The minimum Gasteiger partial charge on any atom is -0.493 e. The highest BCUT2D eigenvalue weighted by molar-refractivity contribution is 5.75. The molecule has 6 N–H and O–H groups in total. The van der Waals surface area contributed by atoms with Gasteiger partial charge in [-0.05, 0) is 48.2 Å². The Morgan fingerprint density at radius 1 is 0.830 bits per heavy atom. The molecule has 3 aliphatic rings. The molecule has 47 heavy (non-hydrogen) atoms. The van der Waals surface area contributed by atoms with E-state index in [0.29, 0.717) is 24.3 Å². The third-order valence-corrected chi connectivity index (χ3v) is 8.86. The molecule has 10 atom stereocenters. The maximum atomic E-state index is 12.7. The number of ether oxygens (including phenoxy) is 8. The average Bonchev–Trinajstić information content (AvgIpc) is 3.57. The van der Waals surface area contributed by atoms with Gasteiger partial charge in [-0.3, -0.25) is 4.79 Å². The Morgan fingerprint density at radius 2 is 1.47 bits per heavy atom. The minimum atomic E-state index is -1.91. The van der Waals surface area contributed by atoms with Crippen LogP contribution in [0.15, 0.2) is 36.4 Å². The fraction of sp³-hybridized carbons (Fsp3) is 0.594. The number of esters is 1. The second-order valence-corrected chi connectivity index (χ2v) is 11.9. The summed E-state index contributed by atoms with van der Waals surface area (Å²) in [6.07, 6.45) is -9.63. The molecule has 2 aromatic rings. The smallest absolute Gasteiger partial charge is 0.309 e. The van der Waals surface area contributed by atoms with E-state index in [9.17, 15) is 35.4 Å². The normalized spacial score (nSPS) is 33.8.